The lowest BCUT2D eigenvalue weighted by molar-refractivity contribution is -0.136. The lowest BCUT2D eigenvalue weighted by Crippen LogP contribution is -2.37. The molecule has 0 saturated heterocycles. The highest BCUT2D eigenvalue weighted by molar-refractivity contribution is 7.84. The molecule has 0 aliphatic heterocycles. The number of anilines is 1. The van der Waals surface area contributed by atoms with Crippen LogP contribution in [0.4, 0.5) is 5.69 Å². The molecule has 2 aromatic carbocycles. The third kappa shape index (κ3) is 5.62. The van der Waals surface area contributed by atoms with E-state index < -0.39 is 22.6 Å². The maximum absolute atomic E-state index is 12.0. The number of aryl methyl sites for hydroxylation is 1. The summed E-state index contributed by atoms with van der Waals surface area (Å²) in [6.45, 7) is 2.04. The van der Waals surface area contributed by atoms with E-state index in [0.29, 0.717) is 17.2 Å². The monoisotopic (exact) mass is 344 g/mol. The number of para-hydroxylation sites is 1. The van der Waals surface area contributed by atoms with Crippen LogP contribution in [0.2, 0.25) is 0 Å². The van der Waals surface area contributed by atoms with Gasteiger partial charge in [0.05, 0.1) is 0 Å². The van der Waals surface area contributed by atoms with Crippen LogP contribution in [0.5, 0.6) is 0 Å². The Bertz CT molecular complexity index is 732. The highest BCUT2D eigenvalue weighted by Crippen LogP contribution is 2.12. The molecule has 0 aliphatic rings. The minimum atomic E-state index is -1.09. The topological polar surface area (TPSA) is 75.3 Å². The Hall–Kier alpha value is -2.47. The number of benzene rings is 2. The van der Waals surface area contributed by atoms with E-state index in [2.05, 4.69) is 10.6 Å². The first-order valence-corrected chi connectivity index (χ1v) is 9.09. The zero-order chi connectivity index (χ0) is 17.4. The number of hydrogen-bond donors (Lipinski definition) is 2. The molecule has 2 amide bonds. The molecule has 0 radical (unpaired) electrons. The molecule has 0 aliphatic carbocycles. The van der Waals surface area contributed by atoms with E-state index in [1.54, 1.807) is 12.1 Å². The van der Waals surface area contributed by atoms with Crippen molar-refractivity contribution in [1.82, 2.24) is 5.32 Å². The number of amides is 2. The SMILES string of the molecule is Cc1ccccc1NC(=O)C(=O)NCC[S@](=O)Cc1ccccc1. The molecule has 2 rings (SSSR count). The molecule has 126 valence electrons. The summed E-state index contributed by atoms with van der Waals surface area (Å²) in [4.78, 5) is 23.6. The first-order valence-electron chi connectivity index (χ1n) is 7.60. The summed E-state index contributed by atoms with van der Waals surface area (Å²) in [6.07, 6.45) is 0. The minimum Gasteiger partial charge on any atom is -0.347 e. The fourth-order valence-electron chi connectivity index (χ4n) is 2.08. The summed E-state index contributed by atoms with van der Waals surface area (Å²) in [5.74, 6) is -0.710. The van der Waals surface area contributed by atoms with Gasteiger partial charge in [-0.15, -0.1) is 0 Å². The maximum Gasteiger partial charge on any atom is 0.313 e. The molecule has 0 spiro atoms. The molecule has 2 N–H and O–H groups in total. The van der Waals surface area contributed by atoms with Gasteiger partial charge in [-0.05, 0) is 24.1 Å². The van der Waals surface area contributed by atoms with Crippen LogP contribution in [0.15, 0.2) is 54.6 Å². The van der Waals surface area contributed by atoms with Crippen molar-refractivity contribution in [1.29, 1.82) is 0 Å². The number of hydrogen-bond acceptors (Lipinski definition) is 3. The van der Waals surface area contributed by atoms with Crippen LogP contribution in [0, 0.1) is 6.92 Å². The predicted octanol–water partition coefficient (Wildman–Crippen LogP) is 2.00. The Kier molecular flexibility index (Phi) is 6.69. The summed E-state index contributed by atoms with van der Waals surface area (Å²) < 4.78 is 12.0. The number of carbonyl (C=O) groups excluding carboxylic acids is 2. The van der Waals surface area contributed by atoms with E-state index in [0.717, 1.165) is 11.1 Å². The zero-order valence-corrected chi connectivity index (χ0v) is 14.3. The smallest absolute Gasteiger partial charge is 0.313 e. The van der Waals surface area contributed by atoms with Crippen molar-refractivity contribution < 1.29 is 13.8 Å². The summed E-state index contributed by atoms with van der Waals surface area (Å²) in [6, 6.07) is 16.7. The normalized spacial score (nSPS) is 11.5. The van der Waals surface area contributed by atoms with Gasteiger partial charge in [0, 0.05) is 34.5 Å². The van der Waals surface area contributed by atoms with Crippen molar-refractivity contribution in [2.45, 2.75) is 12.7 Å². The van der Waals surface area contributed by atoms with Gasteiger partial charge in [-0.1, -0.05) is 48.5 Å². The highest BCUT2D eigenvalue weighted by atomic mass is 32.2. The standard InChI is InChI=1S/C18H20N2O3S/c1-14-7-5-6-10-16(14)20-18(22)17(21)19-11-12-24(23)13-15-8-3-2-4-9-15/h2-10H,11-13H2,1H3,(H,19,21)(H,20,22)/t24-/m0/s1. The van der Waals surface area contributed by atoms with Crippen LogP contribution in [0.1, 0.15) is 11.1 Å². The van der Waals surface area contributed by atoms with Crippen molar-refractivity contribution in [3.63, 3.8) is 0 Å². The highest BCUT2D eigenvalue weighted by Gasteiger charge is 2.14. The Balaban J connectivity index is 1.73. The van der Waals surface area contributed by atoms with E-state index in [9.17, 15) is 13.8 Å². The molecule has 0 saturated carbocycles. The van der Waals surface area contributed by atoms with Gasteiger partial charge < -0.3 is 10.6 Å². The van der Waals surface area contributed by atoms with Gasteiger partial charge in [-0.25, -0.2) is 0 Å². The average molecular weight is 344 g/mol. The Morgan fingerprint density at radius 1 is 0.958 bits per heavy atom. The van der Waals surface area contributed by atoms with E-state index in [1.165, 1.54) is 0 Å². The number of carbonyl (C=O) groups is 2. The Morgan fingerprint density at radius 3 is 2.33 bits per heavy atom. The van der Waals surface area contributed by atoms with Crippen LogP contribution >= 0.6 is 0 Å². The Morgan fingerprint density at radius 2 is 1.62 bits per heavy atom. The van der Waals surface area contributed by atoms with Gasteiger partial charge in [-0.3, -0.25) is 13.8 Å². The van der Waals surface area contributed by atoms with Crippen LogP contribution in [-0.4, -0.2) is 28.3 Å². The third-order valence-corrected chi connectivity index (χ3v) is 4.70. The fraction of sp³-hybridized carbons (Fsp3) is 0.222. The second-order valence-corrected chi connectivity index (χ2v) is 6.88. The molecule has 0 fully saturated rings. The van der Waals surface area contributed by atoms with Gasteiger partial charge in [-0.2, -0.15) is 0 Å². The molecule has 0 heterocycles. The molecule has 24 heavy (non-hydrogen) atoms. The molecule has 0 unspecified atom stereocenters. The maximum atomic E-state index is 12.0. The van der Waals surface area contributed by atoms with Crippen molar-refractivity contribution >= 4 is 28.3 Å². The molecule has 2 aromatic rings. The summed E-state index contributed by atoms with van der Waals surface area (Å²) in [5, 5.41) is 5.06. The molecule has 5 nitrogen and oxygen atoms in total. The fourth-order valence-corrected chi connectivity index (χ4v) is 3.12. The van der Waals surface area contributed by atoms with Gasteiger partial charge in [0.1, 0.15) is 0 Å². The van der Waals surface area contributed by atoms with Gasteiger partial charge in [0.2, 0.25) is 0 Å². The molecule has 0 bridgehead atoms. The second kappa shape index (κ2) is 8.98. The quantitative estimate of drug-likeness (QED) is 0.787. The van der Waals surface area contributed by atoms with Crippen LogP contribution < -0.4 is 10.6 Å². The van der Waals surface area contributed by atoms with Crippen molar-refractivity contribution in [3.8, 4) is 0 Å². The first kappa shape index (κ1) is 17.9. The summed E-state index contributed by atoms with van der Waals surface area (Å²) in [5.41, 5.74) is 2.47. The number of rotatable bonds is 6. The van der Waals surface area contributed by atoms with Crippen molar-refractivity contribution in [3.05, 3.63) is 65.7 Å². The lowest BCUT2D eigenvalue weighted by atomic mass is 10.2. The van der Waals surface area contributed by atoms with E-state index in [1.807, 2.05) is 49.4 Å². The molecule has 1 atom stereocenters. The molecular formula is C18H20N2O3S. The van der Waals surface area contributed by atoms with Crippen LogP contribution in [0.3, 0.4) is 0 Å². The van der Waals surface area contributed by atoms with E-state index in [-0.39, 0.29) is 6.54 Å². The van der Waals surface area contributed by atoms with E-state index in [4.69, 9.17) is 0 Å². The first-order chi connectivity index (χ1) is 11.6. The molecule has 6 heteroatoms. The second-order valence-electron chi connectivity index (χ2n) is 5.30. The molecule has 0 aromatic heterocycles. The zero-order valence-electron chi connectivity index (χ0n) is 13.5. The van der Waals surface area contributed by atoms with Gasteiger partial charge >= 0.3 is 11.8 Å². The predicted molar refractivity (Wildman–Crippen MR) is 96.0 cm³/mol. The lowest BCUT2D eigenvalue weighted by Gasteiger charge is -2.08. The van der Waals surface area contributed by atoms with E-state index >= 15 is 0 Å². The largest absolute Gasteiger partial charge is 0.347 e. The Labute approximate surface area is 143 Å². The van der Waals surface area contributed by atoms with Crippen molar-refractivity contribution in [2.24, 2.45) is 0 Å². The summed E-state index contributed by atoms with van der Waals surface area (Å²) >= 11 is 0. The molecular weight excluding hydrogens is 324 g/mol. The number of nitrogens with one attached hydrogen (secondary N) is 2. The van der Waals surface area contributed by atoms with Gasteiger partial charge in [0.25, 0.3) is 0 Å². The average Bonchev–Trinajstić information content (AvgIpc) is 2.57. The minimum absolute atomic E-state index is 0.194. The van der Waals surface area contributed by atoms with Gasteiger partial charge in [0.15, 0.2) is 0 Å². The summed E-state index contributed by atoms with van der Waals surface area (Å²) in [7, 11) is -1.09. The van der Waals surface area contributed by atoms with Crippen LogP contribution in [0.25, 0.3) is 0 Å². The van der Waals surface area contributed by atoms with Crippen LogP contribution in [-0.2, 0) is 26.1 Å². The van der Waals surface area contributed by atoms with Crippen molar-refractivity contribution in [2.75, 3.05) is 17.6 Å². The third-order valence-electron chi connectivity index (χ3n) is 3.39.